The van der Waals surface area contributed by atoms with Crippen molar-refractivity contribution >= 4 is 16.9 Å². The van der Waals surface area contributed by atoms with E-state index >= 15 is 0 Å². The van der Waals surface area contributed by atoms with E-state index in [2.05, 4.69) is 15.3 Å². The zero-order valence-corrected chi connectivity index (χ0v) is 9.60. The maximum absolute atomic E-state index is 4.99. The minimum atomic E-state index is 0.755. The van der Waals surface area contributed by atoms with Crippen molar-refractivity contribution in [2.45, 2.75) is 6.42 Å². The van der Waals surface area contributed by atoms with Crippen LogP contribution in [0.15, 0.2) is 18.6 Å². The number of fused-ring (bicyclic) bond motifs is 1. The molecule has 0 atom stereocenters. The third kappa shape index (κ3) is 2.14. The van der Waals surface area contributed by atoms with Crippen LogP contribution in [-0.4, -0.2) is 34.8 Å². The van der Waals surface area contributed by atoms with Crippen LogP contribution in [-0.2, 0) is 11.8 Å². The number of aryl methyl sites for hydroxylation is 1. The Kier molecular flexibility index (Phi) is 3.36. The minimum absolute atomic E-state index is 0.755. The van der Waals surface area contributed by atoms with Crippen LogP contribution < -0.4 is 5.32 Å². The molecule has 0 radical (unpaired) electrons. The maximum atomic E-state index is 4.99. The molecule has 0 amide bonds. The van der Waals surface area contributed by atoms with E-state index in [-0.39, 0.29) is 0 Å². The summed E-state index contributed by atoms with van der Waals surface area (Å²) >= 11 is 0. The SMILES string of the molecule is COCCCNc1nccc2c1ncn2C. The lowest BCUT2D eigenvalue weighted by Gasteiger charge is -2.05. The molecule has 0 aliphatic carbocycles. The molecule has 0 bridgehead atoms. The van der Waals surface area contributed by atoms with E-state index in [9.17, 15) is 0 Å². The van der Waals surface area contributed by atoms with Gasteiger partial charge in [0.05, 0.1) is 11.8 Å². The Hall–Kier alpha value is -1.62. The lowest BCUT2D eigenvalue weighted by Crippen LogP contribution is -2.06. The summed E-state index contributed by atoms with van der Waals surface area (Å²) in [4.78, 5) is 8.61. The van der Waals surface area contributed by atoms with Gasteiger partial charge in [0.25, 0.3) is 0 Å². The average Bonchev–Trinajstić information content (AvgIpc) is 2.68. The Balaban J connectivity index is 2.11. The number of hydrogen-bond acceptors (Lipinski definition) is 4. The van der Waals surface area contributed by atoms with Crippen LogP contribution >= 0.6 is 0 Å². The smallest absolute Gasteiger partial charge is 0.154 e. The van der Waals surface area contributed by atoms with Gasteiger partial charge in [0.2, 0.25) is 0 Å². The zero-order valence-electron chi connectivity index (χ0n) is 9.60. The number of hydrogen-bond donors (Lipinski definition) is 1. The third-order valence-electron chi connectivity index (χ3n) is 2.46. The van der Waals surface area contributed by atoms with Crippen LogP contribution in [0.1, 0.15) is 6.42 Å². The van der Waals surface area contributed by atoms with Crippen molar-refractivity contribution in [3.05, 3.63) is 18.6 Å². The van der Waals surface area contributed by atoms with Gasteiger partial charge in [-0.05, 0) is 12.5 Å². The van der Waals surface area contributed by atoms with Crippen molar-refractivity contribution < 1.29 is 4.74 Å². The number of rotatable bonds is 5. The fraction of sp³-hybridized carbons (Fsp3) is 0.455. The second-order valence-electron chi connectivity index (χ2n) is 3.66. The lowest BCUT2D eigenvalue weighted by atomic mass is 10.3. The van der Waals surface area contributed by atoms with Crippen LogP contribution in [0.25, 0.3) is 11.0 Å². The molecular weight excluding hydrogens is 204 g/mol. The van der Waals surface area contributed by atoms with Gasteiger partial charge >= 0.3 is 0 Å². The summed E-state index contributed by atoms with van der Waals surface area (Å²) in [6.07, 6.45) is 4.55. The molecule has 0 aliphatic rings. The van der Waals surface area contributed by atoms with Crippen LogP contribution in [0, 0.1) is 0 Å². The topological polar surface area (TPSA) is 52.0 Å². The molecule has 2 heterocycles. The summed E-state index contributed by atoms with van der Waals surface area (Å²) in [6, 6.07) is 1.96. The van der Waals surface area contributed by atoms with Crippen LogP contribution in [0.3, 0.4) is 0 Å². The number of nitrogens with one attached hydrogen (secondary N) is 1. The highest BCUT2D eigenvalue weighted by Crippen LogP contribution is 2.18. The molecule has 16 heavy (non-hydrogen) atoms. The van der Waals surface area contributed by atoms with Gasteiger partial charge in [-0.25, -0.2) is 9.97 Å². The largest absolute Gasteiger partial charge is 0.385 e. The first-order chi connectivity index (χ1) is 7.83. The molecule has 0 aliphatic heterocycles. The first kappa shape index (κ1) is 10.9. The number of imidazole rings is 1. The normalized spacial score (nSPS) is 10.9. The van der Waals surface area contributed by atoms with Gasteiger partial charge in [-0.3, -0.25) is 0 Å². The third-order valence-corrected chi connectivity index (χ3v) is 2.46. The molecule has 2 aromatic rings. The predicted molar refractivity (Wildman–Crippen MR) is 63.5 cm³/mol. The fourth-order valence-corrected chi connectivity index (χ4v) is 1.61. The Morgan fingerprint density at radius 2 is 2.31 bits per heavy atom. The Bertz CT molecular complexity index is 466. The first-order valence-electron chi connectivity index (χ1n) is 5.32. The van der Waals surface area contributed by atoms with Gasteiger partial charge in [-0.15, -0.1) is 0 Å². The van der Waals surface area contributed by atoms with Crippen LogP contribution in [0.4, 0.5) is 5.82 Å². The van der Waals surface area contributed by atoms with Gasteiger partial charge in [0.1, 0.15) is 5.52 Å². The van der Waals surface area contributed by atoms with E-state index in [4.69, 9.17) is 4.74 Å². The molecule has 1 N–H and O–H groups in total. The second-order valence-corrected chi connectivity index (χ2v) is 3.66. The highest BCUT2D eigenvalue weighted by molar-refractivity contribution is 5.85. The van der Waals surface area contributed by atoms with Gasteiger partial charge < -0.3 is 14.6 Å². The number of nitrogens with zero attached hydrogens (tertiary/aromatic N) is 3. The number of ether oxygens (including phenoxy) is 1. The molecule has 0 unspecified atom stereocenters. The summed E-state index contributed by atoms with van der Waals surface area (Å²) in [7, 11) is 3.68. The lowest BCUT2D eigenvalue weighted by molar-refractivity contribution is 0.198. The molecule has 5 nitrogen and oxygen atoms in total. The quantitative estimate of drug-likeness (QED) is 0.774. The van der Waals surface area contributed by atoms with Gasteiger partial charge in [-0.2, -0.15) is 0 Å². The second kappa shape index (κ2) is 4.94. The standard InChI is InChI=1S/C11H16N4O/c1-15-8-14-10-9(15)4-6-13-11(10)12-5-3-7-16-2/h4,6,8H,3,5,7H2,1-2H3,(H,12,13). The van der Waals surface area contributed by atoms with Crippen molar-refractivity contribution in [1.29, 1.82) is 0 Å². The van der Waals surface area contributed by atoms with Gasteiger partial charge in [0, 0.05) is 33.5 Å². The zero-order chi connectivity index (χ0) is 11.4. The molecule has 2 aromatic heterocycles. The predicted octanol–water partition coefficient (Wildman–Crippen LogP) is 1.42. The van der Waals surface area contributed by atoms with E-state index in [1.54, 1.807) is 19.6 Å². The number of methoxy groups -OCH3 is 1. The van der Waals surface area contributed by atoms with Gasteiger partial charge in [0.15, 0.2) is 5.82 Å². The summed E-state index contributed by atoms with van der Waals surface area (Å²) < 4.78 is 6.97. The Morgan fingerprint density at radius 1 is 1.44 bits per heavy atom. The molecule has 0 fully saturated rings. The van der Waals surface area contributed by atoms with Crippen LogP contribution in [0.5, 0.6) is 0 Å². The Labute approximate surface area is 94.5 Å². The number of anilines is 1. The summed E-state index contributed by atoms with van der Waals surface area (Å²) in [5.41, 5.74) is 2.01. The van der Waals surface area contributed by atoms with E-state index in [1.165, 1.54) is 0 Å². The van der Waals surface area contributed by atoms with Crippen molar-refractivity contribution in [3.63, 3.8) is 0 Å². The Morgan fingerprint density at radius 3 is 3.12 bits per heavy atom. The van der Waals surface area contributed by atoms with Crippen molar-refractivity contribution in [2.24, 2.45) is 7.05 Å². The average molecular weight is 220 g/mol. The maximum Gasteiger partial charge on any atom is 0.154 e. The van der Waals surface area contributed by atoms with Crippen molar-refractivity contribution in [2.75, 3.05) is 25.6 Å². The highest BCUT2D eigenvalue weighted by atomic mass is 16.5. The molecule has 0 saturated carbocycles. The summed E-state index contributed by atoms with van der Waals surface area (Å²) in [6.45, 7) is 1.60. The van der Waals surface area contributed by atoms with Crippen molar-refractivity contribution in [1.82, 2.24) is 14.5 Å². The van der Waals surface area contributed by atoms with Crippen molar-refractivity contribution in [3.8, 4) is 0 Å². The fourth-order valence-electron chi connectivity index (χ4n) is 1.61. The molecule has 0 aromatic carbocycles. The molecular formula is C11H16N4O. The summed E-state index contributed by atoms with van der Waals surface area (Å²) in [5.74, 6) is 0.842. The molecule has 86 valence electrons. The molecule has 5 heteroatoms. The number of aromatic nitrogens is 3. The van der Waals surface area contributed by atoms with Crippen LogP contribution in [0.2, 0.25) is 0 Å². The molecule has 0 spiro atoms. The number of pyridine rings is 1. The van der Waals surface area contributed by atoms with E-state index in [0.717, 1.165) is 36.4 Å². The van der Waals surface area contributed by atoms with E-state index < -0.39 is 0 Å². The summed E-state index contributed by atoms with van der Waals surface area (Å²) in [5, 5.41) is 3.27. The monoisotopic (exact) mass is 220 g/mol. The minimum Gasteiger partial charge on any atom is -0.385 e. The van der Waals surface area contributed by atoms with Gasteiger partial charge in [-0.1, -0.05) is 0 Å². The molecule has 0 saturated heterocycles. The molecule has 2 rings (SSSR count). The van der Waals surface area contributed by atoms with E-state index in [1.807, 2.05) is 17.7 Å². The first-order valence-corrected chi connectivity index (χ1v) is 5.32. The van der Waals surface area contributed by atoms with E-state index in [0.29, 0.717) is 0 Å². The highest BCUT2D eigenvalue weighted by Gasteiger charge is 2.05.